The zero-order valence-electron chi connectivity index (χ0n) is 16.9. The number of carbonyl (C=O) groups is 1. The third kappa shape index (κ3) is 5.36. The molecule has 2 aliphatic heterocycles. The van der Waals surface area contributed by atoms with E-state index in [4.69, 9.17) is 9.47 Å². The minimum atomic E-state index is 0.0401. The summed E-state index contributed by atoms with van der Waals surface area (Å²) in [6.45, 7) is 9.96. The second kappa shape index (κ2) is 9.42. The Morgan fingerprint density at radius 2 is 2.22 bits per heavy atom. The SMILES string of the molecule is COc1cccc2c1N(CC(=O)NCC1CN(CC(C)C)CCO1)CCC2. The standard InChI is InChI=1S/C21H33N3O3/c1-16(2)13-23-10-11-27-18(14-23)12-22-20(25)15-24-9-5-7-17-6-4-8-19(26-3)21(17)24/h4,6,8,16,18H,5,7,9-15H2,1-3H3,(H,22,25). The predicted molar refractivity (Wildman–Crippen MR) is 108 cm³/mol. The Labute approximate surface area is 162 Å². The number of methoxy groups -OCH3 is 1. The maximum Gasteiger partial charge on any atom is 0.239 e. The number of para-hydroxylation sites is 1. The van der Waals surface area contributed by atoms with Gasteiger partial charge in [-0.05, 0) is 30.4 Å². The number of carbonyl (C=O) groups excluding carboxylic acids is 1. The Balaban J connectivity index is 1.52. The van der Waals surface area contributed by atoms with Crippen LogP contribution < -0.4 is 15.0 Å². The van der Waals surface area contributed by atoms with Crippen molar-refractivity contribution in [2.45, 2.75) is 32.8 Å². The van der Waals surface area contributed by atoms with Crippen LogP contribution >= 0.6 is 0 Å². The van der Waals surface area contributed by atoms with E-state index in [2.05, 4.69) is 35.0 Å². The van der Waals surface area contributed by atoms with Gasteiger partial charge < -0.3 is 19.7 Å². The van der Waals surface area contributed by atoms with E-state index in [0.29, 0.717) is 19.0 Å². The van der Waals surface area contributed by atoms with E-state index in [1.54, 1.807) is 7.11 Å². The first-order valence-corrected chi connectivity index (χ1v) is 10.1. The van der Waals surface area contributed by atoms with Crippen molar-refractivity contribution >= 4 is 11.6 Å². The van der Waals surface area contributed by atoms with Crippen molar-refractivity contribution in [1.29, 1.82) is 0 Å². The summed E-state index contributed by atoms with van der Waals surface area (Å²) in [5, 5.41) is 3.07. The third-order valence-electron chi connectivity index (χ3n) is 5.20. The lowest BCUT2D eigenvalue weighted by atomic mass is 10.0. The molecule has 1 aromatic carbocycles. The van der Waals surface area contributed by atoms with Gasteiger partial charge in [-0.3, -0.25) is 9.69 Å². The van der Waals surface area contributed by atoms with E-state index >= 15 is 0 Å². The number of nitrogens with one attached hydrogen (secondary N) is 1. The van der Waals surface area contributed by atoms with E-state index in [9.17, 15) is 4.79 Å². The van der Waals surface area contributed by atoms with Crippen molar-refractivity contribution < 1.29 is 14.3 Å². The summed E-state index contributed by atoms with van der Waals surface area (Å²) in [6.07, 6.45) is 2.17. The quantitative estimate of drug-likeness (QED) is 0.789. The van der Waals surface area contributed by atoms with Gasteiger partial charge >= 0.3 is 0 Å². The van der Waals surface area contributed by atoms with Gasteiger partial charge in [0.1, 0.15) is 5.75 Å². The topological polar surface area (TPSA) is 54.0 Å². The van der Waals surface area contributed by atoms with Crippen LogP contribution in [0.3, 0.4) is 0 Å². The molecule has 3 rings (SSSR count). The van der Waals surface area contributed by atoms with E-state index in [1.807, 2.05) is 12.1 Å². The average Bonchev–Trinajstić information content (AvgIpc) is 2.66. The maximum atomic E-state index is 12.6. The van der Waals surface area contributed by atoms with Gasteiger partial charge in [-0.1, -0.05) is 26.0 Å². The van der Waals surface area contributed by atoms with Crippen LogP contribution in [0, 0.1) is 5.92 Å². The highest BCUT2D eigenvalue weighted by Gasteiger charge is 2.24. The first kappa shape index (κ1) is 20.0. The molecule has 27 heavy (non-hydrogen) atoms. The molecule has 1 atom stereocenters. The number of hydrogen-bond donors (Lipinski definition) is 1. The summed E-state index contributed by atoms with van der Waals surface area (Å²) in [7, 11) is 1.69. The number of fused-ring (bicyclic) bond motifs is 1. The van der Waals surface area contributed by atoms with Crippen molar-refractivity contribution in [3.8, 4) is 5.75 Å². The summed E-state index contributed by atoms with van der Waals surface area (Å²) < 4.78 is 11.4. The van der Waals surface area contributed by atoms with Crippen LogP contribution in [0.2, 0.25) is 0 Å². The molecule has 6 heteroatoms. The molecule has 1 fully saturated rings. The van der Waals surface area contributed by atoms with Gasteiger partial charge in [0.2, 0.25) is 5.91 Å². The molecule has 0 aromatic heterocycles. The lowest BCUT2D eigenvalue weighted by Gasteiger charge is -2.34. The minimum absolute atomic E-state index is 0.0401. The summed E-state index contributed by atoms with van der Waals surface area (Å²) in [5.41, 5.74) is 2.33. The van der Waals surface area contributed by atoms with Crippen LogP contribution in [0.15, 0.2) is 18.2 Å². The predicted octanol–water partition coefficient (Wildman–Crippen LogP) is 1.92. The van der Waals surface area contributed by atoms with E-state index in [0.717, 1.165) is 57.1 Å². The number of hydrogen-bond acceptors (Lipinski definition) is 5. The van der Waals surface area contributed by atoms with Gasteiger partial charge in [-0.2, -0.15) is 0 Å². The molecule has 150 valence electrons. The fraction of sp³-hybridized carbons (Fsp3) is 0.667. The van der Waals surface area contributed by atoms with Crippen LogP contribution in [0.4, 0.5) is 5.69 Å². The molecule has 2 heterocycles. The number of rotatable bonds is 7. The number of nitrogens with zero attached hydrogens (tertiary/aromatic N) is 2. The lowest BCUT2D eigenvalue weighted by Crippen LogP contribution is -2.49. The van der Waals surface area contributed by atoms with Crippen molar-refractivity contribution in [3.05, 3.63) is 23.8 Å². The smallest absolute Gasteiger partial charge is 0.239 e. The largest absolute Gasteiger partial charge is 0.495 e. The summed E-state index contributed by atoms with van der Waals surface area (Å²) in [4.78, 5) is 17.1. The summed E-state index contributed by atoms with van der Waals surface area (Å²) in [5.74, 6) is 1.53. The normalized spacial score (nSPS) is 20.4. The molecule has 1 saturated heterocycles. The molecule has 1 aromatic rings. The minimum Gasteiger partial charge on any atom is -0.495 e. The van der Waals surface area contributed by atoms with Crippen molar-refractivity contribution in [3.63, 3.8) is 0 Å². The number of anilines is 1. The molecular weight excluding hydrogens is 342 g/mol. The van der Waals surface area contributed by atoms with Crippen molar-refractivity contribution in [2.24, 2.45) is 5.92 Å². The van der Waals surface area contributed by atoms with Gasteiger partial charge in [0.15, 0.2) is 0 Å². The molecule has 0 radical (unpaired) electrons. The molecule has 2 aliphatic rings. The number of amides is 1. The van der Waals surface area contributed by atoms with Gasteiger partial charge in [-0.25, -0.2) is 0 Å². The monoisotopic (exact) mass is 375 g/mol. The number of benzene rings is 1. The molecule has 1 unspecified atom stereocenters. The Kier molecular flexibility index (Phi) is 6.96. The van der Waals surface area contributed by atoms with Gasteiger partial charge in [-0.15, -0.1) is 0 Å². The lowest BCUT2D eigenvalue weighted by molar-refractivity contribution is -0.121. The molecule has 1 amide bonds. The fourth-order valence-electron chi connectivity index (χ4n) is 4.07. The highest BCUT2D eigenvalue weighted by Crippen LogP contribution is 2.35. The zero-order valence-corrected chi connectivity index (χ0v) is 16.9. The molecule has 6 nitrogen and oxygen atoms in total. The van der Waals surface area contributed by atoms with Crippen LogP contribution in [0.5, 0.6) is 5.75 Å². The van der Waals surface area contributed by atoms with Crippen LogP contribution in [-0.4, -0.2) is 69.9 Å². The molecular formula is C21H33N3O3. The molecule has 0 aliphatic carbocycles. The Morgan fingerprint density at radius 3 is 3.00 bits per heavy atom. The van der Waals surface area contributed by atoms with Gasteiger partial charge in [0.05, 0.1) is 32.1 Å². The first-order chi connectivity index (χ1) is 13.1. The maximum absolute atomic E-state index is 12.6. The van der Waals surface area contributed by atoms with E-state index < -0.39 is 0 Å². The van der Waals surface area contributed by atoms with Gasteiger partial charge in [0, 0.05) is 32.7 Å². The van der Waals surface area contributed by atoms with Crippen molar-refractivity contribution in [2.75, 3.05) is 57.9 Å². The van der Waals surface area contributed by atoms with Gasteiger partial charge in [0.25, 0.3) is 0 Å². The number of aryl methyl sites for hydroxylation is 1. The molecule has 1 N–H and O–H groups in total. The Morgan fingerprint density at radius 1 is 1.37 bits per heavy atom. The molecule has 0 bridgehead atoms. The van der Waals surface area contributed by atoms with E-state index in [1.165, 1.54) is 5.56 Å². The second-order valence-corrected chi connectivity index (χ2v) is 7.94. The number of ether oxygens (including phenoxy) is 2. The first-order valence-electron chi connectivity index (χ1n) is 10.1. The Hall–Kier alpha value is -1.79. The zero-order chi connectivity index (χ0) is 19.2. The molecule has 0 saturated carbocycles. The van der Waals surface area contributed by atoms with Crippen LogP contribution in [0.1, 0.15) is 25.8 Å². The van der Waals surface area contributed by atoms with E-state index in [-0.39, 0.29) is 12.0 Å². The third-order valence-corrected chi connectivity index (χ3v) is 5.20. The average molecular weight is 376 g/mol. The number of morpholine rings is 1. The molecule has 0 spiro atoms. The summed E-state index contributed by atoms with van der Waals surface area (Å²) in [6, 6.07) is 6.11. The highest BCUT2D eigenvalue weighted by molar-refractivity contribution is 5.83. The fourth-order valence-corrected chi connectivity index (χ4v) is 4.07. The Bertz CT molecular complexity index is 621. The van der Waals surface area contributed by atoms with Crippen molar-refractivity contribution in [1.82, 2.24) is 10.2 Å². The van der Waals surface area contributed by atoms with Crippen LogP contribution in [-0.2, 0) is 16.0 Å². The van der Waals surface area contributed by atoms with Crippen LogP contribution in [0.25, 0.3) is 0 Å². The summed E-state index contributed by atoms with van der Waals surface area (Å²) >= 11 is 0. The second-order valence-electron chi connectivity index (χ2n) is 7.94. The highest BCUT2D eigenvalue weighted by atomic mass is 16.5.